The van der Waals surface area contributed by atoms with Crippen molar-refractivity contribution in [1.82, 2.24) is 5.43 Å². The second-order valence-corrected chi connectivity index (χ2v) is 5.68. The first kappa shape index (κ1) is 15.3. The van der Waals surface area contributed by atoms with Crippen molar-refractivity contribution in [3.63, 3.8) is 0 Å². The summed E-state index contributed by atoms with van der Waals surface area (Å²) in [5.41, 5.74) is 4.06. The van der Waals surface area contributed by atoms with Crippen molar-refractivity contribution in [3.05, 3.63) is 29.8 Å². The molecule has 3 nitrogen and oxygen atoms in total. The van der Waals surface area contributed by atoms with Crippen molar-refractivity contribution >= 4 is 11.8 Å². The molecule has 0 radical (unpaired) electrons. The van der Waals surface area contributed by atoms with Gasteiger partial charge in [0.2, 0.25) is 0 Å². The van der Waals surface area contributed by atoms with Crippen LogP contribution in [-0.2, 0) is 0 Å². The van der Waals surface area contributed by atoms with Crippen molar-refractivity contribution in [2.75, 3.05) is 11.5 Å². The largest absolute Gasteiger partial charge is 0.491 e. The molecule has 3 N–H and O–H groups in total. The summed E-state index contributed by atoms with van der Waals surface area (Å²) in [6.07, 6.45) is 1.39. The monoisotopic (exact) mass is 268 g/mol. The molecule has 1 atom stereocenters. The van der Waals surface area contributed by atoms with Crippen LogP contribution in [0.25, 0.3) is 0 Å². The SMILES string of the molecule is CCCSCC(NN)c1cccc(OC(C)C)c1. The van der Waals surface area contributed by atoms with Crippen molar-refractivity contribution in [1.29, 1.82) is 0 Å². The summed E-state index contributed by atoms with van der Waals surface area (Å²) in [5.74, 6) is 8.69. The van der Waals surface area contributed by atoms with Crippen molar-refractivity contribution < 1.29 is 4.74 Å². The fourth-order valence-corrected chi connectivity index (χ4v) is 2.64. The third-order valence-corrected chi connectivity index (χ3v) is 3.73. The third-order valence-electron chi connectivity index (χ3n) is 2.47. The molecule has 102 valence electrons. The lowest BCUT2D eigenvalue weighted by Gasteiger charge is -2.17. The van der Waals surface area contributed by atoms with Crippen LogP contribution < -0.4 is 16.0 Å². The molecule has 1 rings (SSSR count). The minimum atomic E-state index is 0.178. The van der Waals surface area contributed by atoms with E-state index in [1.807, 2.05) is 37.7 Å². The third kappa shape index (κ3) is 5.29. The lowest BCUT2D eigenvalue weighted by atomic mass is 10.1. The molecule has 0 amide bonds. The van der Waals surface area contributed by atoms with Crippen LogP contribution >= 0.6 is 11.8 Å². The molecule has 0 spiro atoms. The Kier molecular flexibility index (Phi) is 7.16. The number of ether oxygens (including phenoxy) is 1. The number of benzene rings is 1. The Balaban J connectivity index is 2.66. The molecule has 0 saturated heterocycles. The van der Waals surface area contributed by atoms with Gasteiger partial charge in [0, 0.05) is 5.75 Å². The quantitative estimate of drug-likeness (QED) is 0.432. The Morgan fingerprint density at radius 3 is 2.78 bits per heavy atom. The number of nitrogens with two attached hydrogens (primary N) is 1. The van der Waals surface area contributed by atoms with Crippen LogP contribution in [0.2, 0.25) is 0 Å². The molecule has 4 heteroatoms. The van der Waals surface area contributed by atoms with Gasteiger partial charge in [-0.1, -0.05) is 19.1 Å². The number of rotatable bonds is 8. The van der Waals surface area contributed by atoms with Gasteiger partial charge in [0.15, 0.2) is 0 Å². The molecule has 1 aromatic rings. The lowest BCUT2D eigenvalue weighted by Crippen LogP contribution is -2.29. The lowest BCUT2D eigenvalue weighted by molar-refractivity contribution is 0.242. The van der Waals surface area contributed by atoms with Crippen LogP contribution in [0.5, 0.6) is 5.75 Å². The van der Waals surface area contributed by atoms with Gasteiger partial charge in [-0.2, -0.15) is 11.8 Å². The number of hydrogen-bond acceptors (Lipinski definition) is 4. The van der Waals surface area contributed by atoms with Crippen molar-refractivity contribution in [3.8, 4) is 5.75 Å². The van der Waals surface area contributed by atoms with Gasteiger partial charge < -0.3 is 4.74 Å². The molecule has 0 aliphatic rings. The zero-order valence-electron chi connectivity index (χ0n) is 11.5. The highest BCUT2D eigenvalue weighted by molar-refractivity contribution is 7.99. The molecular formula is C14H24N2OS. The van der Waals surface area contributed by atoms with Crippen LogP contribution in [0.15, 0.2) is 24.3 Å². The van der Waals surface area contributed by atoms with Crippen LogP contribution in [0.3, 0.4) is 0 Å². The van der Waals surface area contributed by atoms with Crippen LogP contribution in [0.1, 0.15) is 38.8 Å². The Bertz CT molecular complexity index is 344. The second-order valence-electron chi connectivity index (χ2n) is 4.53. The molecule has 18 heavy (non-hydrogen) atoms. The summed E-state index contributed by atoms with van der Waals surface area (Å²) < 4.78 is 5.70. The Labute approximate surface area is 114 Å². The van der Waals surface area contributed by atoms with Gasteiger partial charge in [0.1, 0.15) is 5.75 Å². The number of nitrogens with one attached hydrogen (secondary N) is 1. The Morgan fingerprint density at radius 2 is 2.17 bits per heavy atom. The maximum Gasteiger partial charge on any atom is 0.120 e. The van der Waals surface area contributed by atoms with E-state index in [1.165, 1.54) is 17.7 Å². The number of thioether (sulfide) groups is 1. The van der Waals surface area contributed by atoms with Gasteiger partial charge in [-0.25, -0.2) is 0 Å². The van der Waals surface area contributed by atoms with Gasteiger partial charge in [-0.3, -0.25) is 11.3 Å². The first-order valence-corrected chi connectivity index (χ1v) is 7.63. The number of hydrazine groups is 1. The van der Waals surface area contributed by atoms with Gasteiger partial charge in [-0.15, -0.1) is 0 Å². The summed E-state index contributed by atoms with van der Waals surface area (Å²) in [5, 5.41) is 0. The molecule has 0 aromatic heterocycles. The zero-order valence-corrected chi connectivity index (χ0v) is 12.3. The van der Waals surface area contributed by atoms with Gasteiger partial charge in [0.25, 0.3) is 0 Å². The zero-order chi connectivity index (χ0) is 13.4. The van der Waals surface area contributed by atoms with E-state index >= 15 is 0 Å². The minimum Gasteiger partial charge on any atom is -0.491 e. The van der Waals surface area contributed by atoms with Crippen LogP contribution in [0.4, 0.5) is 0 Å². The van der Waals surface area contributed by atoms with E-state index in [2.05, 4.69) is 24.5 Å². The first-order chi connectivity index (χ1) is 8.67. The summed E-state index contributed by atoms with van der Waals surface area (Å²) in [4.78, 5) is 0. The summed E-state index contributed by atoms with van der Waals surface area (Å²) in [6.45, 7) is 6.25. The van der Waals surface area contributed by atoms with E-state index in [9.17, 15) is 0 Å². The molecule has 1 aromatic carbocycles. The molecule has 1 unspecified atom stereocenters. The van der Waals surface area contributed by atoms with Gasteiger partial charge >= 0.3 is 0 Å². The highest BCUT2D eigenvalue weighted by atomic mass is 32.2. The summed E-state index contributed by atoms with van der Waals surface area (Å²) in [7, 11) is 0. The predicted molar refractivity (Wildman–Crippen MR) is 79.9 cm³/mol. The standard InChI is InChI=1S/C14H24N2OS/c1-4-8-18-10-14(16-15)12-6-5-7-13(9-12)17-11(2)3/h5-7,9,11,14,16H,4,8,10,15H2,1-3H3. The van der Waals surface area contributed by atoms with Crippen molar-refractivity contribution in [2.24, 2.45) is 5.84 Å². The summed E-state index contributed by atoms with van der Waals surface area (Å²) >= 11 is 1.92. The topological polar surface area (TPSA) is 47.3 Å². The summed E-state index contributed by atoms with van der Waals surface area (Å²) in [6, 6.07) is 8.33. The maximum atomic E-state index is 5.70. The smallest absolute Gasteiger partial charge is 0.120 e. The van der Waals surface area contributed by atoms with E-state index in [0.717, 1.165) is 11.5 Å². The second kappa shape index (κ2) is 8.40. The minimum absolute atomic E-state index is 0.178. The average molecular weight is 268 g/mol. The maximum absolute atomic E-state index is 5.70. The van der Waals surface area contributed by atoms with E-state index in [0.29, 0.717) is 0 Å². The predicted octanol–water partition coefficient (Wildman–Crippen LogP) is 3.12. The van der Waals surface area contributed by atoms with E-state index in [4.69, 9.17) is 10.6 Å². The molecule has 0 aliphatic carbocycles. The molecule has 0 bridgehead atoms. The molecule has 0 heterocycles. The molecule has 0 fully saturated rings. The van der Waals surface area contributed by atoms with E-state index < -0.39 is 0 Å². The first-order valence-electron chi connectivity index (χ1n) is 6.47. The van der Waals surface area contributed by atoms with E-state index in [-0.39, 0.29) is 12.1 Å². The fourth-order valence-electron chi connectivity index (χ4n) is 1.66. The fraction of sp³-hybridized carbons (Fsp3) is 0.571. The Morgan fingerprint density at radius 1 is 1.39 bits per heavy atom. The Hall–Kier alpha value is -0.710. The number of hydrogen-bond donors (Lipinski definition) is 2. The normalized spacial score (nSPS) is 12.7. The molecular weight excluding hydrogens is 244 g/mol. The van der Waals surface area contributed by atoms with Gasteiger partial charge in [0.05, 0.1) is 12.1 Å². The van der Waals surface area contributed by atoms with E-state index in [1.54, 1.807) is 0 Å². The van der Waals surface area contributed by atoms with Crippen LogP contribution in [-0.4, -0.2) is 17.6 Å². The average Bonchev–Trinajstić information content (AvgIpc) is 2.34. The van der Waals surface area contributed by atoms with Crippen LogP contribution in [0, 0.1) is 0 Å². The highest BCUT2D eigenvalue weighted by Gasteiger charge is 2.10. The van der Waals surface area contributed by atoms with Crippen molar-refractivity contribution in [2.45, 2.75) is 39.3 Å². The van der Waals surface area contributed by atoms with Gasteiger partial charge in [-0.05, 0) is 43.7 Å². The molecule has 0 saturated carbocycles. The highest BCUT2D eigenvalue weighted by Crippen LogP contribution is 2.22. The molecule has 0 aliphatic heterocycles.